The minimum atomic E-state index is -0.466. The van der Waals surface area contributed by atoms with Crippen LogP contribution >= 0.6 is 11.3 Å². The minimum absolute atomic E-state index is 0.244. The van der Waals surface area contributed by atoms with Crippen molar-refractivity contribution in [3.63, 3.8) is 0 Å². The van der Waals surface area contributed by atoms with Gasteiger partial charge in [-0.05, 0) is 55.5 Å². The predicted octanol–water partition coefficient (Wildman–Crippen LogP) is 6.99. The van der Waals surface area contributed by atoms with E-state index in [1.54, 1.807) is 20.1 Å². The van der Waals surface area contributed by atoms with E-state index in [1.165, 1.54) is 17.4 Å². The zero-order valence-electron chi connectivity index (χ0n) is 21.4. The average molecular weight is 508 g/mol. The molecule has 3 aromatic rings. The van der Waals surface area contributed by atoms with Crippen LogP contribution in [0.4, 0.5) is 5.00 Å². The predicted molar refractivity (Wildman–Crippen MR) is 146 cm³/mol. The molecule has 1 aromatic heterocycles. The van der Waals surface area contributed by atoms with Gasteiger partial charge < -0.3 is 19.5 Å². The summed E-state index contributed by atoms with van der Waals surface area (Å²) in [6, 6.07) is 13.4. The van der Waals surface area contributed by atoms with Crippen LogP contribution in [-0.4, -0.2) is 32.2 Å². The first kappa shape index (κ1) is 27.0. The third-order valence-corrected chi connectivity index (χ3v) is 6.33. The van der Waals surface area contributed by atoms with Crippen LogP contribution in [0.3, 0.4) is 0 Å². The van der Waals surface area contributed by atoms with Crippen molar-refractivity contribution in [3.8, 4) is 22.6 Å². The van der Waals surface area contributed by atoms with Crippen LogP contribution in [0.25, 0.3) is 17.2 Å². The molecule has 0 saturated heterocycles. The standard InChI is InChI=1S/C29H33NO5S/c1-6-34-29(32)27-23(22-11-7-20(4)8-12-22)18-36-28(27)30-26(31)14-10-21-9-13-24(25(17-21)33-5)35-16-15-19(2)3/h7-14,17-19H,6,15-16H2,1-5H3,(H,30,31)/b14-10+. The molecule has 3 rings (SSSR count). The van der Waals surface area contributed by atoms with Crippen LogP contribution in [0, 0.1) is 12.8 Å². The third-order valence-electron chi connectivity index (χ3n) is 5.44. The maximum absolute atomic E-state index is 12.8. The van der Waals surface area contributed by atoms with Gasteiger partial charge in [-0.25, -0.2) is 4.79 Å². The number of aryl methyl sites for hydroxylation is 1. The molecule has 0 aliphatic carbocycles. The molecule has 0 aliphatic rings. The van der Waals surface area contributed by atoms with Crippen molar-refractivity contribution >= 4 is 34.3 Å². The first-order chi connectivity index (χ1) is 17.3. The fourth-order valence-electron chi connectivity index (χ4n) is 3.44. The van der Waals surface area contributed by atoms with Gasteiger partial charge in [-0.15, -0.1) is 11.3 Å². The molecule has 0 atom stereocenters. The quantitative estimate of drug-likeness (QED) is 0.224. The Morgan fingerprint density at radius 1 is 1.08 bits per heavy atom. The van der Waals surface area contributed by atoms with E-state index in [2.05, 4.69) is 19.2 Å². The van der Waals surface area contributed by atoms with Gasteiger partial charge >= 0.3 is 5.97 Å². The van der Waals surface area contributed by atoms with Crippen molar-refractivity contribution in [2.75, 3.05) is 25.6 Å². The molecular weight excluding hydrogens is 474 g/mol. The molecule has 0 saturated carbocycles. The summed E-state index contributed by atoms with van der Waals surface area (Å²) in [5.41, 5.74) is 3.89. The van der Waals surface area contributed by atoms with Crippen LogP contribution in [0.2, 0.25) is 0 Å². The lowest BCUT2D eigenvalue weighted by Gasteiger charge is -2.12. The molecule has 6 nitrogen and oxygen atoms in total. The lowest BCUT2D eigenvalue weighted by Crippen LogP contribution is -2.12. The Bertz CT molecular complexity index is 1210. The summed E-state index contributed by atoms with van der Waals surface area (Å²) in [6.07, 6.45) is 4.07. The maximum atomic E-state index is 12.8. The van der Waals surface area contributed by atoms with E-state index in [1.807, 2.05) is 54.8 Å². The number of methoxy groups -OCH3 is 1. The molecule has 0 fully saturated rings. The van der Waals surface area contributed by atoms with Crippen molar-refractivity contribution in [1.29, 1.82) is 0 Å². The number of anilines is 1. The summed E-state index contributed by atoms with van der Waals surface area (Å²) >= 11 is 1.29. The van der Waals surface area contributed by atoms with E-state index >= 15 is 0 Å². The number of rotatable bonds is 11. The molecule has 1 heterocycles. The fraction of sp³-hybridized carbons (Fsp3) is 0.310. The Balaban J connectivity index is 1.76. The Kier molecular flexibility index (Phi) is 9.70. The number of nitrogens with one attached hydrogen (secondary N) is 1. The van der Waals surface area contributed by atoms with Crippen molar-refractivity contribution in [3.05, 3.63) is 70.6 Å². The molecule has 2 aromatic carbocycles. The van der Waals surface area contributed by atoms with E-state index in [0.717, 1.165) is 28.7 Å². The van der Waals surface area contributed by atoms with E-state index < -0.39 is 5.97 Å². The van der Waals surface area contributed by atoms with Crippen molar-refractivity contribution in [2.45, 2.75) is 34.1 Å². The number of esters is 1. The summed E-state index contributed by atoms with van der Waals surface area (Å²) in [4.78, 5) is 25.5. The Hall–Kier alpha value is -3.58. The highest BCUT2D eigenvalue weighted by molar-refractivity contribution is 7.15. The molecule has 7 heteroatoms. The van der Waals surface area contributed by atoms with E-state index in [-0.39, 0.29) is 12.5 Å². The second kappa shape index (κ2) is 12.9. The third kappa shape index (κ3) is 7.21. The zero-order chi connectivity index (χ0) is 26.1. The molecule has 0 aliphatic heterocycles. The van der Waals surface area contributed by atoms with Gasteiger partial charge in [0.2, 0.25) is 5.91 Å². The second-order valence-corrected chi connectivity index (χ2v) is 9.58. The van der Waals surface area contributed by atoms with Gasteiger partial charge in [0.25, 0.3) is 0 Å². The van der Waals surface area contributed by atoms with Gasteiger partial charge in [-0.2, -0.15) is 0 Å². The summed E-state index contributed by atoms with van der Waals surface area (Å²) in [5.74, 6) is 1.01. The summed E-state index contributed by atoms with van der Waals surface area (Å²) in [7, 11) is 1.59. The first-order valence-corrected chi connectivity index (χ1v) is 12.9. The molecule has 36 heavy (non-hydrogen) atoms. The number of hydrogen-bond acceptors (Lipinski definition) is 6. The lowest BCUT2D eigenvalue weighted by atomic mass is 10.0. The number of benzene rings is 2. The van der Waals surface area contributed by atoms with Crippen molar-refractivity contribution in [2.24, 2.45) is 5.92 Å². The molecule has 190 valence electrons. The number of carbonyl (C=O) groups excluding carboxylic acids is 2. The molecule has 0 bridgehead atoms. The van der Waals surface area contributed by atoms with Crippen LogP contribution in [0.15, 0.2) is 53.9 Å². The molecule has 1 amide bonds. The van der Waals surface area contributed by atoms with Crippen molar-refractivity contribution in [1.82, 2.24) is 0 Å². The van der Waals surface area contributed by atoms with Gasteiger partial charge in [0.15, 0.2) is 11.5 Å². The number of hydrogen-bond donors (Lipinski definition) is 1. The van der Waals surface area contributed by atoms with Gasteiger partial charge in [-0.3, -0.25) is 4.79 Å². The number of ether oxygens (including phenoxy) is 3. The van der Waals surface area contributed by atoms with E-state index in [9.17, 15) is 9.59 Å². The summed E-state index contributed by atoms with van der Waals surface area (Å²) in [6.45, 7) is 8.91. The number of thiophene rings is 1. The topological polar surface area (TPSA) is 73.9 Å². The normalized spacial score (nSPS) is 11.1. The Morgan fingerprint density at radius 3 is 2.50 bits per heavy atom. The zero-order valence-corrected chi connectivity index (χ0v) is 22.2. The van der Waals surface area contributed by atoms with Crippen LogP contribution in [0.5, 0.6) is 11.5 Å². The van der Waals surface area contributed by atoms with Gasteiger partial charge in [-0.1, -0.05) is 49.7 Å². The second-order valence-electron chi connectivity index (χ2n) is 8.70. The molecule has 0 unspecified atom stereocenters. The Labute approximate surface area is 216 Å². The number of amides is 1. The van der Waals surface area contributed by atoms with E-state index in [4.69, 9.17) is 14.2 Å². The maximum Gasteiger partial charge on any atom is 0.341 e. The first-order valence-electron chi connectivity index (χ1n) is 12.0. The largest absolute Gasteiger partial charge is 0.493 e. The average Bonchev–Trinajstić information content (AvgIpc) is 3.27. The molecule has 0 radical (unpaired) electrons. The van der Waals surface area contributed by atoms with Crippen LogP contribution in [0.1, 0.15) is 48.7 Å². The van der Waals surface area contributed by atoms with Crippen LogP contribution in [-0.2, 0) is 9.53 Å². The molecule has 1 N–H and O–H groups in total. The fourth-order valence-corrected chi connectivity index (χ4v) is 4.40. The van der Waals surface area contributed by atoms with Crippen molar-refractivity contribution < 1.29 is 23.8 Å². The smallest absolute Gasteiger partial charge is 0.341 e. The van der Waals surface area contributed by atoms with E-state index in [0.29, 0.717) is 34.6 Å². The van der Waals surface area contributed by atoms with Crippen LogP contribution < -0.4 is 14.8 Å². The Morgan fingerprint density at radius 2 is 1.83 bits per heavy atom. The monoisotopic (exact) mass is 507 g/mol. The highest BCUT2D eigenvalue weighted by Crippen LogP contribution is 2.36. The van der Waals surface area contributed by atoms with Gasteiger partial charge in [0.1, 0.15) is 10.6 Å². The highest BCUT2D eigenvalue weighted by Gasteiger charge is 2.22. The summed E-state index contributed by atoms with van der Waals surface area (Å²) < 4.78 is 16.6. The minimum Gasteiger partial charge on any atom is -0.493 e. The molecular formula is C29H33NO5S. The van der Waals surface area contributed by atoms with Gasteiger partial charge in [0, 0.05) is 17.0 Å². The summed E-state index contributed by atoms with van der Waals surface area (Å²) in [5, 5.41) is 5.15. The lowest BCUT2D eigenvalue weighted by molar-refractivity contribution is -0.111. The highest BCUT2D eigenvalue weighted by atomic mass is 32.1. The number of carbonyl (C=O) groups is 2. The molecule has 0 spiro atoms. The SMILES string of the molecule is CCOC(=O)c1c(-c2ccc(C)cc2)csc1NC(=O)/C=C/c1ccc(OCCC(C)C)c(OC)c1. The van der Waals surface area contributed by atoms with Gasteiger partial charge in [0.05, 0.1) is 20.3 Å².